The van der Waals surface area contributed by atoms with Crippen LogP contribution in [0.2, 0.25) is 0 Å². The molecule has 1 atom stereocenters. The molecule has 0 aromatic heterocycles. The second-order valence-electron chi connectivity index (χ2n) is 3.77. The van der Waals surface area contributed by atoms with E-state index in [1.54, 1.807) is 0 Å². The summed E-state index contributed by atoms with van der Waals surface area (Å²) in [6.07, 6.45) is 5.49. The average molecular weight is 141 g/mol. The molecule has 0 bridgehead atoms. The normalized spacial score (nSPS) is 35.4. The van der Waals surface area contributed by atoms with Gasteiger partial charge in [0, 0.05) is 0 Å². The second kappa shape index (κ2) is 3.38. The van der Waals surface area contributed by atoms with Crippen LogP contribution in [0, 0.1) is 5.41 Å². The fraction of sp³-hybridized carbons (Fsp3) is 1.00. The largest absolute Gasteiger partial charge is 0.317 e. The standard InChI is InChI=1S/C9H19N/c1-3-9(2)5-4-7-10-8-6-9/h10H,3-8H2,1-2H3. The maximum Gasteiger partial charge on any atom is -0.00437 e. The lowest BCUT2D eigenvalue weighted by Gasteiger charge is -2.25. The van der Waals surface area contributed by atoms with Crippen LogP contribution in [-0.4, -0.2) is 13.1 Å². The van der Waals surface area contributed by atoms with E-state index in [0.717, 1.165) is 0 Å². The van der Waals surface area contributed by atoms with Gasteiger partial charge in [0.2, 0.25) is 0 Å². The van der Waals surface area contributed by atoms with E-state index in [9.17, 15) is 0 Å². The zero-order valence-corrected chi connectivity index (χ0v) is 7.24. The SMILES string of the molecule is CCC1(C)CCCNCC1. The Hall–Kier alpha value is -0.0400. The maximum absolute atomic E-state index is 3.44. The topological polar surface area (TPSA) is 12.0 Å². The Labute approximate surface area is 64.2 Å². The summed E-state index contributed by atoms with van der Waals surface area (Å²) in [6.45, 7) is 7.19. The second-order valence-corrected chi connectivity index (χ2v) is 3.77. The summed E-state index contributed by atoms with van der Waals surface area (Å²) in [6, 6.07) is 0. The zero-order chi connectivity index (χ0) is 7.45. The third kappa shape index (κ3) is 1.98. The van der Waals surface area contributed by atoms with Crippen LogP contribution < -0.4 is 5.32 Å². The number of nitrogens with one attached hydrogen (secondary N) is 1. The molecule has 1 heterocycles. The summed E-state index contributed by atoms with van der Waals surface area (Å²) in [5.74, 6) is 0. The van der Waals surface area contributed by atoms with Crippen molar-refractivity contribution >= 4 is 0 Å². The van der Waals surface area contributed by atoms with Gasteiger partial charge in [-0.25, -0.2) is 0 Å². The van der Waals surface area contributed by atoms with E-state index in [4.69, 9.17) is 0 Å². The van der Waals surface area contributed by atoms with E-state index in [2.05, 4.69) is 19.2 Å². The minimum Gasteiger partial charge on any atom is -0.317 e. The molecule has 1 fully saturated rings. The predicted molar refractivity (Wildman–Crippen MR) is 45.1 cm³/mol. The van der Waals surface area contributed by atoms with Crippen LogP contribution in [-0.2, 0) is 0 Å². The van der Waals surface area contributed by atoms with Gasteiger partial charge in [0.1, 0.15) is 0 Å². The van der Waals surface area contributed by atoms with E-state index in [0.29, 0.717) is 5.41 Å². The smallest absolute Gasteiger partial charge is 0.00437 e. The Morgan fingerprint density at radius 3 is 2.80 bits per heavy atom. The third-order valence-corrected chi connectivity index (χ3v) is 2.89. The molecule has 0 aliphatic carbocycles. The Morgan fingerprint density at radius 1 is 1.30 bits per heavy atom. The van der Waals surface area contributed by atoms with E-state index < -0.39 is 0 Å². The van der Waals surface area contributed by atoms with Gasteiger partial charge in [0.25, 0.3) is 0 Å². The molecule has 0 aromatic carbocycles. The molecular formula is C9H19N. The lowest BCUT2D eigenvalue weighted by Crippen LogP contribution is -2.18. The van der Waals surface area contributed by atoms with Crippen LogP contribution in [0.1, 0.15) is 39.5 Å². The highest BCUT2D eigenvalue weighted by atomic mass is 14.9. The first-order valence-corrected chi connectivity index (χ1v) is 4.47. The van der Waals surface area contributed by atoms with Gasteiger partial charge in [-0.2, -0.15) is 0 Å². The molecule has 1 rings (SSSR count). The van der Waals surface area contributed by atoms with Crippen LogP contribution in [0.4, 0.5) is 0 Å². The van der Waals surface area contributed by atoms with Crippen molar-refractivity contribution in [2.45, 2.75) is 39.5 Å². The Kier molecular flexibility index (Phi) is 2.72. The highest BCUT2D eigenvalue weighted by Crippen LogP contribution is 2.31. The van der Waals surface area contributed by atoms with Crippen molar-refractivity contribution in [1.82, 2.24) is 5.32 Å². The Balaban J connectivity index is 2.41. The van der Waals surface area contributed by atoms with Crippen molar-refractivity contribution in [3.05, 3.63) is 0 Å². The first-order chi connectivity index (χ1) is 4.77. The van der Waals surface area contributed by atoms with Gasteiger partial charge in [-0.3, -0.25) is 0 Å². The third-order valence-electron chi connectivity index (χ3n) is 2.89. The van der Waals surface area contributed by atoms with E-state index in [1.807, 2.05) is 0 Å². The van der Waals surface area contributed by atoms with Crippen molar-refractivity contribution in [3.63, 3.8) is 0 Å². The molecule has 1 heteroatoms. The van der Waals surface area contributed by atoms with Gasteiger partial charge in [-0.15, -0.1) is 0 Å². The summed E-state index contributed by atoms with van der Waals surface area (Å²) in [7, 11) is 0. The van der Waals surface area contributed by atoms with Crippen molar-refractivity contribution in [1.29, 1.82) is 0 Å². The molecule has 0 aromatic rings. The van der Waals surface area contributed by atoms with Gasteiger partial charge in [-0.05, 0) is 37.8 Å². The van der Waals surface area contributed by atoms with Crippen molar-refractivity contribution < 1.29 is 0 Å². The molecule has 0 spiro atoms. The molecule has 0 amide bonds. The Bertz CT molecular complexity index is 90.9. The molecule has 1 nitrogen and oxygen atoms in total. The van der Waals surface area contributed by atoms with Crippen molar-refractivity contribution in [2.24, 2.45) is 5.41 Å². The number of hydrogen-bond donors (Lipinski definition) is 1. The molecule has 1 N–H and O–H groups in total. The number of hydrogen-bond acceptors (Lipinski definition) is 1. The molecule has 1 aliphatic rings. The molecule has 10 heavy (non-hydrogen) atoms. The van der Waals surface area contributed by atoms with E-state index in [1.165, 1.54) is 38.8 Å². The van der Waals surface area contributed by atoms with Crippen LogP contribution in [0.15, 0.2) is 0 Å². The summed E-state index contributed by atoms with van der Waals surface area (Å²) in [5, 5.41) is 3.44. The highest BCUT2D eigenvalue weighted by molar-refractivity contribution is 4.76. The molecular weight excluding hydrogens is 122 g/mol. The fourth-order valence-corrected chi connectivity index (χ4v) is 1.63. The summed E-state index contributed by atoms with van der Waals surface area (Å²) in [4.78, 5) is 0. The molecule has 1 aliphatic heterocycles. The summed E-state index contributed by atoms with van der Waals surface area (Å²) >= 11 is 0. The first kappa shape index (κ1) is 8.06. The summed E-state index contributed by atoms with van der Waals surface area (Å²) in [5.41, 5.74) is 0.642. The molecule has 0 radical (unpaired) electrons. The molecule has 60 valence electrons. The summed E-state index contributed by atoms with van der Waals surface area (Å²) < 4.78 is 0. The molecule has 1 saturated heterocycles. The predicted octanol–water partition coefficient (Wildman–Crippen LogP) is 2.18. The minimum absolute atomic E-state index is 0.642. The van der Waals surface area contributed by atoms with Crippen LogP contribution in [0.5, 0.6) is 0 Å². The van der Waals surface area contributed by atoms with E-state index in [-0.39, 0.29) is 0 Å². The van der Waals surface area contributed by atoms with Crippen molar-refractivity contribution in [3.8, 4) is 0 Å². The van der Waals surface area contributed by atoms with Crippen LogP contribution in [0.3, 0.4) is 0 Å². The lowest BCUT2D eigenvalue weighted by molar-refractivity contribution is 0.274. The van der Waals surface area contributed by atoms with Crippen LogP contribution >= 0.6 is 0 Å². The average Bonchev–Trinajstić information content (AvgIpc) is 2.15. The lowest BCUT2D eigenvalue weighted by atomic mass is 9.81. The van der Waals surface area contributed by atoms with Gasteiger partial charge < -0.3 is 5.32 Å². The van der Waals surface area contributed by atoms with Gasteiger partial charge >= 0.3 is 0 Å². The number of rotatable bonds is 1. The van der Waals surface area contributed by atoms with Crippen LogP contribution in [0.25, 0.3) is 0 Å². The quantitative estimate of drug-likeness (QED) is 0.590. The maximum atomic E-state index is 3.44. The molecule has 0 saturated carbocycles. The zero-order valence-electron chi connectivity index (χ0n) is 7.24. The fourth-order valence-electron chi connectivity index (χ4n) is 1.63. The minimum atomic E-state index is 0.642. The van der Waals surface area contributed by atoms with Gasteiger partial charge in [0.05, 0.1) is 0 Å². The monoisotopic (exact) mass is 141 g/mol. The van der Waals surface area contributed by atoms with Gasteiger partial charge in [0.15, 0.2) is 0 Å². The molecule has 1 unspecified atom stereocenters. The first-order valence-electron chi connectivity index (χ1n) is 4.47. The van der Waals surface area contributed by atoms with Crippen molar-refractivity contribution in [2.75, 3.05) is 13.1 Å². The Morgan fingerprint density at radius 2 is 2.10 bits per heavy atom. The highest BCUT2D eigenvalue weighted by Gasteiger charge is 2.22. The van der Waals surface area contributed by atoms with Gasteiger partial charge in [-0.1, -0.05) is 20.3 Å². The van der Waals surface area contributed by atoms with E-state index >= 15 is 0 Å².